The molecule has 0 spiro atoms. The molecule has 4 nitrogen and oxygen atoms in total. The van der Waals surface area contributed by atoms with E-state index in [4.69, 9.17) is 19.4 Å². The van der Waals surface area contributed by atoms with Gasteiger partial charge in [0.25, 0.3) is 0 Å². The monoisotopic (exact) mass is 767 g/mol. The van der Waals surface area contributed by atoms with Gasteiger partial charge in [0.1, 0.15) is 11.2 Å². The van der Waals surface area contributed by atoms with Crippen molar-refractivity contribution in [1.29, 1.82) is 0 Å². The van der Waals surface area contributed by atoms with E-state index in [2.05, 4.69) is 194 Å². The molecule has 0 saturated heterocycles. The fourth-order valence-corrected chi connectivity index (χ4v) is 8.43. The van der Waals surface area contributed by atoms with Crippen LogP contribution in [0.3, 0.4) is 0 Å². The summed E-state index contributed by atoms with van der Waals surface area (Å²) in [5.74, 6) is 1.89. The summed E-state index contributed by atoms with van der Waals surface area (Å²) in [6.07, 6.45) is 8.23. The number of aromatic nitrogens is 3. The molecule has 0 aliphatic carbocycles. The lowest BCUT2D eigenvalue weighted by Crippen LogP contribution is -2.01. The van der Waals surface area contributed by atoms with Crippen LogP contribution < -0.4 is 0 Å². The number of rotatable bonds is 7. The first kappa shape index (κ1) is 35.2. The standard InChI is InChI=1S/C56H37N3O/c1-2-3-4-12-36-21-23-38(24-22-36)42-31-32-49-52(35-42)60-51-20-11-19-46(53(49)51)39-26-28-40(29-27-39)54-57-55(44-30-25-37-13-5-6-14-41(37)33-44)59-56(58-54)50-34-43-15-7-8-16-45(43)47-17-9-10-18-48(47)50/h2-35H,1H3/b3-2-,12-4-. The molecule has 11 aromatic rings. The van der Waals surface area contributed by atoms with Crippen LogP contribution in [-0.2, 0) is 0 Å². The number of fused-ring (bicyclic) bond motifs is 7. The molecular weight excluding hydrogens is 731 g/mol. The second-order valence-corrected chi connectivity index (χ2v) is 15.1. The van der Waals surface area contributed by atoms with E-state index >= 15 is 0 Å². The van der Waals surface area contributed by atoms with E-state index < -0.39 is 0 Å². The van der Waals surface area contributed by atoms with E-state index in [9.17, 15) is 0 Å². The smallest absolute Gasteiger partial charge is 0.164 e. The minimum atomic E-state index is 0.619. The lowest BCUT2D eigenvalue weighted by molar-refractivity contribution is 0.669. The van der Waals surface area contributed by atoms with E-state index in [1.54, 1.807) is 0 Å². The Morgan fingerprint density at radius 3 is 1.85 bits per heavy atom. The third-order valence-corrected chi connectivity index (χ3v) is 11.4. The van der Waals surface area contributed by atoms with Gasteiger partial charge < -0.3 is 4.42 Å². The first-order chi connectivity index (χ1) is 29.7. The highest BCUT2D eigenvalue weighted by atomic mass is 16.3. The SMILES string of the molecule is C/C=C\C=C/c1ccc(-c2ccc3c(c2)oc2cccc(-c4ccc(-c5nc(-c6ccc7ccccc7c6)nc(-c6cc7ccccc7c7ccccc67)n5)cc4)c23)cc1. The van der Waals surface area contributed by atoms with Gasteiger partial charge in [0.05, 0.1) is 0 Å². The highest BCUT2D eigenvalue weighted by molar-refractivity contribution is 6.14. The minimum Gasteiger partial charge on any atom is -0.456 e. The molecule has 282 valence electrons. The normalized spacial score (nSPS) is 11.9. The average molecular weight is 768 g/mol. The summed E-state index contributed by atoms with van der Waals surface area (Å²) in [5.41, 5.74) is 10.2. The Kier molecular flexibility index (Phi) is 8.67. The molecule has 4 heteroatoms. The molecule has 0 bridgehead atoms. The average Bonchev–Trinajstić information content (AvgIpc) is 3.70. The van der Waals surface area contributed by atoms with Gasteiger partial charge in [0.15, 0.2) is 17.5 Å². The predicted molar refractivity (Wildman–Crippen MR) is 251 cm³/mol. The van der Waals surface area contributed by atoms with Gasteiger partial charge in [-0.05, 0) is 97.4 Å². The largest absolute Gasteiger partial charge is 0.456 e. The van der Waals surface area contributed by atoms with E-state index in [1.807, 2.05) is 19.1 Å². The summed E-state index contributed by atoms with van der Waals surface area (Å²) in [5, 5.41) is 9.12. The molecule has 11 rings (SSSR count). The van der Waals surface area contributed by atoms with Gasteiger partial charge in [-0.2, -0.15) is 0 Å². The van der Waals surface area contributed by atoms with Crippen LogP contribution in [0.15, 0.2) is 205 Å². The van der Waals surface area contributed by atoms with Crippen molar-refractivity contribution >= 4 is 60.3 Å². The zero-order chi connectivity index (χ0) is 40.0. The fraction of sp³-hybridized carbons (Fsp3) is 0.0179. The zero-order valence-electron chi connectivity index (χ0n) is 32.9. The van der Waals surface area contributed by atoms with Gasteiger partial charge in [-0.25, -0.2) is 15.0 Å². The lowest BCUT2D eigenvalue weighted by atomic mass is 9.96. The fourth-order valence-electron chi connectivity index (χ4n) is 8.43. The maximum atomic E-state index is 6.51. The highest BCUT2D eigenvalue weighted by Crippen LogP contribution is 2.40. The maximum Gasteiger partial charge on any atom is 0.164 e. The molecule has 9 aromatic carbocycles. The van der Waals surface area contributed by atoms with Crippen LogP contribution in [0.5, 0.6) is 0 Å². The highest BCUT2D eigenvalue weighted by Gasteiger charge is 2.18. The summed E-state index contributed by atoms with van der Waals surface area (Å²) in [6.45, 7) is 2.02. The van der Waals surface area contributed by atoms with Crippen LogP contribution in [0.1, 0.15) is 12.5 Å². The van der Waals surface area contributed by atoms with Crippen LogP contribution in [0.4, 0.5) is 0 Å². The molecule has 2 heterocycles. The molecule has 0 N–H and O–H groups in total. The van der Waals surface area contributed by atoms with Crippen LogP contribution >= 0.6 is 0 Å². The first-order valence-electron chi connectivity index (χ1n) is 20.3. The van der Waals surface area contributed by atoms with Gasteiger partial charge in [0.2, 0.25) is 0 Å². The molecule has 2 aromatic heterocycles. The Hall–Kier alpha value is -7.95. The molecule has 60 heavy (non-hydrogen) atoms. The van der Waals surface area contributed by atoms with E-state index in [1.165, 1.54) is 16.2 Å². The first-order valence-corrected chi connectivity index (χ1v) is 20.3. The summed E-state index contributed by atoms with van der Waals surface area (Å²) in [4.78, 5) is 15.6. The molecule has 0 aliphatic rings. The van der Waals surface area contributed by atoms with Crippen LogP contribution in [0, 0.1) is 0 Å². The van der Waals surface area contributed by atoms with Crippen molar-refractivity contribution in [2.45, 2.75) is 6.92 Å². The van der Waals surface area contributed by atoms with E-state index in [0.29, 0.717) is 17.5 Å². The second kappa shape index (κ2) is 14.8. The quantitative estimate of drug-likeness (QED) is 0.120. The molecule has 0 radical (unpaired) electrons. The number of hydrogen-bond acceptors (Lipinski definition) is 4. The number of allylic oxidation sites excluding steroid dienone is 3. The van der Waals surface area contributed by atoms with Crippen molar-refractivity contribution < 1.29 is 4.42 Å². The van der Waals surface area contributed by atoms with Crippen LogP contribution in [0.25, 0.3) is 117 Å². The van der Waals surface area contributed by atoms with Gasteiger partial charge in [-0.3, -0.25) is 0 Å². The summed E-state index contributed by atoms with van der Waals surface area (Å²) in [6, 6.07) is 64.0. The van der Waals surface area contributed by atoms with Crippen molar-refractivity contribution in [3.8, 4) is 56.4 Å². The van der Waals surface area contributed by atoms with Crippen molar-refractivity contribution in [2.24, 2.45) is 0 Å². The Morgan fingerprint density at radius 2 is 1.03 bits per heavy atom. The Bertz CT molecular complexity index is 3490. The molecular formula is C56H37N3O. The minimum absolute atomic E-state index is 0.619. The number of nitrogens with zero attached hydrogens (tertiary/aromatic N) is 3. The Labute approximate surface area is 347 Å². The van der Waals surface area contributed by atoms with Crippen molar-refractivity contribution in [3.05, 3.63) is 206 Å². The third-order valence-electron chi connectivity index (χ3n) is 11.4. The van der Waals surface area contributed by atoms with Gasteiger partial charge in [-0.15, -0.1) is 0 Å². The lowest BCUT2D eigenvalue weighted by Gasteiger charge is -2.13. The van der Waals surface area contributed by atoms with Gasteiger partial charge in [0, 0.05) is 27.5 Å². The van der Waals surface area contributed by atoms with Gasteiger partial charge >= 0.3 is 0 Å². The summed E-state index contributed by atoms with van der Waals surface area (Å²) >= 11 is 0. The predicted octanol–water partition coefficient (Wildman–Crippen LogP) is 15.2. The molecule has 0 fully saturated rings. The van der Waals surface area contributed by atoms with Crippen LogP contribution in [0.2, 0.25) is 0 Å². The van der Waals surface area contributed by atoms with Crippen molar-refractivity contribution in [3.63, 3.8) is 0 Å². The second-order valence-electron chi connectivity index (χ2n) is 15.1. The maximum absolute atomic E-state index is 6.51. The molecule has 0 amide bonds. The molecule has 0 atom stereocenters. The molecule has 0 aliphatic heterocycles. The Morgan fingerprint density at radius 1 is 0.383 bits per heavy atom. The third kappa shape index (κ3) is 6.32. The number of hydrogen-bond donors (Lipinski definition) is 0. The molecule has 0 saturated carbocycles. The zero-order valence-corrected chi connectivity index (χ0v) is 32.9. The van der Waals surface area contributed by atoms with Crippen molar-refractivity contribution in [1.82, 2.24) is 15.0 Å². The topological polar surface area (TPSA) is 51.8 Å². The number of benzene rings is 9. The van der Waals surface area contributed by atoms with Gasteiger partial charge in [-0.1, -0.05) is 176 Å². The Balaban J connectivity index is 1.00. The summed E-state index contributed by atoms with van der Waals surface area (Å²) < 4.78 is 6.51. The van der Waals surface area contributed by atoms with Crippen molar-refractivity contribution in [2.75, 3.05) is 0 Å². The molecule has 0 unspecified atom stereocenters. The number of furan rings is 1. The van der Waals surface area contributed by atoms with E-state index in [-0.39, 0.29) is 0 Å². The summed E-state index contributed by atoms with van der Waals surface area (Å²) in [7, 11) is 0. The van der Waals surface area contributed by atoms with E-state index in [0.717, 1.165) is 82.6 Å². The van der Waals surface area contributed by atoms with Crippen LogP contribution in [-0.4, -0.2) is 15.0 Å².